The van der Waals surface area contributed by atoms with E-state index in [1.54, 1.807) is 0 Å². The van der Waals surface area contributed by atoms with Crippen LogP contribution in [0.15, 0.2) is 42.1 Å². The molecular weight excluding hydrogens is 148 g/mol. The van der Waals surface area contributed by atoms with Crippen LogP contribution in [0.4, 0.5) is 0 Å². The molecule has 0 radical (unpaired) electrons. The van der Waals surface area contributed by atoms with Crippen molar-refractivity contribution in [3.05, 3.63) is 42.1 Å². The SMILES string of the molecule is CC=C[SiH](C)c1ccccc1. The monoisotopic (exact) mass is 162 g/mol. The molecule has 0 heterocycles. The summed E-state index contributed by atoms with van der Waals surface area (Å²) in [6, 6.07) is 10.7. The average molecular weight is 162 g/mol. The van der Waals surface area contributed by atoms with Gasteiger partial charge in [0.1, 0.15) is 0 Å². The molecule has 0 N–H and O–H groups in total. The Balaban J connectivity index is 2.76. The maximum absolute atomic E-state index is 2.34. The van der Waals surface area contributed by atoms with Crippen molar-refractivity contribution in [1.82, 2.24) is 0 Å². The summed E-state index contributed by atoms with van der Waals surface area (Å²) in [6.07, 6.45) is 2.16. The molecule has 0 bridgehead atoms. The average Bonchev–Trinajstić information content (AvgIpc) is 2.07. The molecule has 0 aliphatic heterocycles. The van der Waals surface area contributed by atoms with E-state index in [0.717, 1.165) is 0 Å². The Kier molecular flexibility index (Phi) is 3.11. The highest BCUT2D eigenvalue weighted by atomic mass is 28.3. The van der Waals surface area contributed by atoms with Gasteiger partial charge >= 0.3 is 0 Å². The third-order valence-corrected chi connectivity index (χ3v) is 4.21. The van der Waals surface area contributed by atoms with Crippen molar-refractivity contribution >= 4 is 14.0 Å². The summed E-state index contributed by atoms with van der Waals surface area (Å²) in [7, 11) is -0.741. The molecule has 0 amide bonds. The highest BCUT2D eigenvalue weighted by molar-refractivity contribution is 6.76. The molecule has 0 aromatic heterocycles. The lowest BCUT2D eigenvalue weighted by molar-refractivity contribution is 1.73. The van der Waals surface area contributed by atoms with Gasteiger partial charge < -0.3 is 0 Å². The summed E-state index contributed by atoms with van der Waals surface area (Å²) in [5, 5.41) is 1.52. The quantitative estimate of drug-likeness (QED) is 0.582. The second-order valence-electron chi connectivity index (χ2n) is 2.73. The van der Waals surface area contributed by atoms with Crippen LogP contribution in [0.1, 0.15) is 6.92 Å². The van der Waals surface area contributed by atoms with Crippen LogP contribution in [-0.4, -0.2) is 8.80 Å². The Hall–Kier alpha value is -0.823. The molecule has 1 rings (SSSR count). The molecule has 1 aromatic rings. The summed E-state index contributed by atoms with van der Waals surface area (Å²) >= 11 is 0. The van der Waals surface area contributed by atoms with Gasteiger partial charge in [-0.25, -0.2) is 0 Å². The Bertz CT molecular complexity index is 226. The predicted molar refractivity (Wildman–Crippen MR) is 53.9 cm³/mol. The largest absolute Gasteiger partial charge is 0.0973 e. The Labute approximate surface area is 70.2 Å². The van der Waals surface area contributed by atoms with E-state index in [9.17, 15) is 0 Å². The van der Waals surface area contributed by atoms with Crippen LogP contribution >= 0.6 is 0 Å². The van der Waals surface area contributed by atoms with E-state index < -0.39 is 8.80 Å². The second kappa shape index (κ2) is 4.14. The van der Waals surface area contributed by atoms with Gasteiger partial charge in [-0.05, 0) is 6.92 Å². The van der Waals surface area contributed by atoms with Crippen molar-refractivity contribution in [2.45, 2.75) is 13.5 Å². The van der Waals surface area contributed by atoms with E-state index in [-0.39, 0.29) is 0 Å². The highest BCUT2D eigenvalue weighted by Crippen LogP contribution is 1.89. The van der Waals surface area contributed by atoms with Crippen LogP contribution < -0.4 is 5.19 Å². The molecular formula is C10H14Si. The minimum absolute atomic E-state index is 0.741. The molecule has 0 saturated carbocycles. The molecule has 0 aliphatic rings. The molecule has 58 valence electrons. The second-order valence-corrected chi connectivity index (χ2v) is 5.35. The summed E-state index contributed by atoms with van der Waals surface area (Å²) in [5.74, 6) is 0. The Morgan fingerprint density at radius 3 is 2.36 bits per heavy atom. The fourth-order valence-corrected chi connectivity index (χ4v) is 2.79. The van der Waals surface area contributed by atoms with Crippen LogP contribution in [0.3, 0.4) is 0 Å². The summed E-state index contributed by atoms with van der Waals surface area (Å²) in [4.78, 5) is 0. The van der Waals surface area contributed by atoms with Crippen LogP contribution in [0, 0.1) is 0 Å². The van der Waals surface area contributed by atoms with Crippen molar-refractivity contribution in [3.8, 4) is 0 Å². The third kappa shape index (κ3) is 2.35. The van der Waals surface area contributed by atoms with E-state index in [0.29, 0.717) is 0 Å². The van der Waals surface area contributed by atoms with E-state index in [2.05, 4.69) is 55.6 Å². The molecule has 1 atom stereocenters. The topological polar surface area (TPSA) is 0 Å². The zero-order chi connectivity index (χ0) is 8.10. The minimum atomic E-state index is -0.741. The van der Waals surface area contributed by atoms with Gasteiger partial charge in [-0.2, -0.15) is 0 Å². The lowest BCUT2D eigenvalue weighted by atomic mass is 10.4. The van der Waals surface area contributed by atoms with Crippen LogP contribution in [0.25, 0.3) is 0 Å². The van der Waals surface area contributed by atoms with Gasteiger partial charge in [-0.15, -0.1) is 0 Å². The number of allylic oxidation sites excluding steroid dienone is 1. The van der Waals surface area contributed by atoms with Crippen molar-refractivity contribution < 1.29 is 0 Å². The summed E-state index contributed by atoms with van der Waals surface area (Å²) in [5.41, 5.74) is 2.34. The van der Waals surface area contributed by atoms with Crippen molar-refractivity contribution in [1.29, 1.82) is 0 Å². The van der Waals surface area contributed by atoms with E-state index in [1.807, 2.05) is 0 Å². The first-order valence-corrected chi connectivity index (χ1v) is 6.42. The van der Waals surface area contributed by atoms with Gasteiger partial charge in [0.25, 0.3) is 0 Å². The lowest BCUT2D eigenvalue weighted by Crippen LogP contribution is -2.23. The molecule has 0 saturated heterocycles. The van der Waals surface area contributed by atoms with Crippen molar-refractivity contribution in [3.63, 3.8) is 0 Å². The predicted octanol–water partition coefficient (Wildman–Crippen LogP) is 1.87. The van der Waals surface area contributed by atoms with Gasteiger partial charge in [0.15, 0.2) is 0 Å². The Morgan fingerprint density at radius 1 is 1.18 bits per heavy atom. The normalized spacial score (nSPS) is 13.6. The molecule has 11 heavy (non-hydrogen) atoms. The summed E-state index contributed by atoms with van der Waals surface area (Å²) in [6.45, 7) is 4.43. The molecule has 0 nitrogen and oxygen atoms in total. The molecule has 0 aliphatic carbocycles. The number of hydrogen-bond donors (Lipinski definition) is 0. The van der Waals surface area contributed by atoms with Crippen molar-refractivity contribution in [2.75, 3.05) is 0 Å². The van der Waals surface area contributed by atoms with Gasteiger partial charge in [0.05, 0.1) is 8.80 Å². The zero-order valence-corrected chi connectivity index (χ0v) is 8.27. The van der Waals surface area contributed by atoms with Crippen molar-refractivity contribution in [2.24, 2.45) is 0 Å². The van der Waals surface area contributed by atoms with E-state index >= 15 is 0 Å². The summed E-state index contributed by atoms with van der Waals surface area (Å²) < 4.78 is 0. The van der Waals surface area contributed by atoms with Crippen LogP contribution in [-0.2, 0) is 0 Å². The smallest absolute Gasteiger partial charge is 0.0906 e. The van der Waals surface area contributed by atoms with Gasteiger partial charge in [0.2, 0.25) is 0 Å². The van der Waals surface area contributed by atoms with E-state index in [4.69, 9.17) is 0 Å². The third-order valence-electron chi connectivity index (χ3n) is 1.81. The van der Waals surface area contributed by atoms with Crippen LogP contribution in [0.5, 0.6) is 0 Å². The number of hydrogen-bond acceptors (Lipinski definition) is 0. The first-order chi connectivity index (χ1) is 5.34. The first kappa shape index (κ1) is 8.28. The maximum Gasteiger partial charge on any atom is 0.0906 e. The standard InChI is InChI=1S/C10H14Si/c1-3-9-11(2)10-7-5-4-6-8-10/h3-9,11H,1-2H3. The minimum Gasteiger partial charge on any atom is -0.0973 e. The molecule has 0 fully saturated rings. The van der Waals surface area contributed by atoms with E-state index in [1.165, 1.54) is 5.19 Å². The fourth-order valence-electron chi connectivity index (χ4n) is 1.16. The number of benzene rings is 1. The zero-order valence-electron chi connectivity index (χ0n) is 7.12. The number of rotatable bonds is 2. The van der Waals surface area contributed by atoms with Crippen LogP contribution in [0.2, 0.25) is 6.55 Å². The Morgan fingerprint density at radius 2 is 1.82 bits per heavy atom. The van der Waals surface area contributed by atoms with Gasteiger partial charge in [-0.1, -0.05) is 53.8 Å². The van der Waals surface area contributed by atoms with Gasteiger partial charge in [0, 0.05) is 0 Å². The molecule has 0 spiro atoms. The molecule has 1 aromatic carbocycles. The first-order valence-electron chi connectivity index (χ1n) is 4.02. The molecule has 1 unspecified atom stereocenters. The highest BCUT2D eigenvalue weighted by Gasteiger charge is 1.99. The molecule has 1 heteroatoms. The van der Waals surface area contributed by atoms with Gasteiger partial charge in [-0.3, -0.25) is 0 Å². The lowest BCUT2D eigenvalue weighted by Gasteiger charge is -2.02. The fraction of sp³-hybridized carbons (Fsp3) is 0.200. The maximum atomic E-state index is 2.34.